The fourth-order valence-electron chi connectivity index (χ4n) is 1.57. The molecule has 2 aromatic rings. The van der Waals surface area contributed by atoms with Crippen LogP contribution in [0.25, 0.3) is 0 Å². The van der Waals surface area contributed by atoms with Gasteiger partial charge in [-0.2, -0.15) is 0 Å². The standard InChI is InChI=1S/C14H11BrN2O4S/c1-21-14(20)17-12(19)10-6-7-22-13(10)16-11(18)8-2-4-9(15)5-3-8/h2-7H,1H3,(H,16,18)(H,17,19,20). The van der Waals surface area contributed by atoms with Gasteiger partial charge in [0.2, 0.25) is 0 Å². The average molecular weight is 383 g/mol. The molecule has 0 saturated heterocycles. The van der Waals surface area contributed by atoms with Gasteiger partial charge < -0.3 is 10.1 Å². The Labute approximate surface area is 138 Å². The summed E-state index contributed by atoms with van der Waals surface area (Å²) in [5.74, 6) is -0.985. The maximum atomic E-state index is 12.1. The quantitative estimate of drug-likeness (QED) is 0.852. The van der Waals surface area contributed by atoms with E-state index in [4.69, 9.17) is 0 Å². The summed E-state index contributed by atoms with van der Waals surface area (Å²) in [6, 6.07) is 8.31. The number of methoxy groups -OCH3 is 1. The molecule has 22 heavy (non-hydrogen) atoms. The maximum Gasteiger partial charge on any atom is 0.413 e. The Bertz CT molecular complexity index is 712. The van der Waals surface area contributed by atoms with Crippen LogP contribution in [0.2, 0.25) is 0 Å². The minimum atomic E-state index is -0.860. The van der Waals surface area contributed by atoms with Crippen LogP contribution in [0.3, 0.4) is 0 Å². The number of hydrogen-bond donors (Lipinski definition) is 2. The van der Waals surface area contributed by atoms with Crippen LogP contribution in [-0.2, 0) is 4.74 Å². The highest BCUT2D eigenvalue weighted by molar-refractivity contribution is 9.10. The van der Waals surface area contributed by atoms with E-state index in [9.17, 15) is 14.4 Å². The van der Waals surface area contributed by atoms with Crippen LogP contribution in [0.15, 0.2) is 40.2 Å². The monoisotopic (exact) mass is 382 g/mol. The van der Waals surface area contributed by atoms with Gasteiger partial charge in [-0.3, -0.25) is 14.9 Å². The van der Waals surface area contributed by atoms with Crippen molar-refractivity contribution in [3.8, 4) is 0 Å². The lowest BCUT2D eigenvalue weighted by Gasteiger charge is -2.06. The Morgan fingerprint density at radius 1 is 1.09 bits per heavy atom. The number of halogens is 1. The third kappa shape index (κ3) is 3.92. The van der Waals surface area contributed by atoms with Crippen LogP contribution >= 0.6 is 27.3 Å². The van der Waals surface area contributed by atoms with Crippen LogP contribution in [0.4, 0.5) is 9.80 Å². The fourth-order valence-corrected chi connectivity index (χ4v) is 2.62. The first-order valence-corrected chi connectivity index (χ1v) is 7.72. The van der Waals surface area contributed by atoms with E-state index in [0.717, 1.165) is 11.6 Å². The second-order valence-corrected chi connectivity index (χ2v) is 5.90. The van der Waals surface area contributed by atoms with E-state index >= 15 is 0 Å². The number of hydrogen-bond acceptors (Lipinski definition) is 5. The van der Waals surface area contributed by atoms with Gasteiger partial charge in [0, 0.05) is 10.0 Å². The van der Waals surface area contributed by atoms with Crippen molar-refractivity contribution in [2.45, 2.75) is 0 Å². The molecule has 2 N–H and O–H groups in total. The highest BCUT2D eigenvalue weighted by Crippen LogP contribution is 2.24. The van der Waals surface area contributed by atoms with Gasteiger partial charge in [-0.25, -0.2) is 4.79 Å². The zero-order valence-corrected chi connectivity index (χ0v) is 13.8. The lowest BCUT2D eigenvalue weighted by Crippen LogP contribution is -2.30. The number of thiophene rings is 1. The Balaban J connectivity index is 2.12. The molecule has 0 fully saturated rings. The van der Waals surface area contributed by atoms with E-state index in [0.29, 0.717) is 10.6 Å². The van der Waals surface area contributed by atoms with Crippen molar-refractivity contribution in [2.75, 3.05) is 12.4 Å². The highest BCUT2D eigenvalue weighted by Gasteiger charge is 2.18. The van der Waals surface area contributed by atoms with Crippen molar-refractivity contribution in [1.82, 2.24) is 5.32 Å². The topological polar surface area (TPSA) is 84.5 Å². The Morgan fingerprint density at radius 3 is 2.41 bits per heavy atom. The lowest BCUT2D eigenvalue weighted by molar-refractivity contribution is 0.0938. The van der Waals surface area contributed by atoms with Gasteiger partial charge in [0.25, 0.3) is 11.8 Å². The highest BCUT2D eigenvalue weighted by atomic mass is 79.9. The summed E-state index contributed by atoms with van der Waals surface area (Å²) in [6.07, 6.45) is -0.860. The Morgan fingerprint density at radius 2 is 1.77 bits per heavy atom. The van der Waals surface area contributed by atoms with E-state index in [-0.39, 0.29) is 11.5 Å². The summed E-state index contributed by atoms with van der Waals surface area (Å²) in [4.78, 5) is 35.1. The summed E-state index contributed by atoms with van der Waals surface area (Å²) in [7, 11) is 1.16. The van der Waals surface area contributed by atoms with Gasteiger partial charge in [-0.1, -0.05) is 15.9 Å². The number of carbonyl (C=O) groups is 3. The van der Waals surface area contributed by atoms with E-state index in [2.05, 4.69) is 26.0 Å². The third-order valence-electron chi connectivity index (χ3n) is 2.64. The van der Waals surface area contributed by atoms with Crippen molar-refractivity contribution in [1.29, 1.82) is 0 Å². The van der Waals surface area contributed by atoms with Crippen LogP contribution < -0.4 is 10.6 Å². The molecule has 1 aromatic carbocycles. The van der Waals surface area contributed by atoms with E-state index < -0.39 is 12.0 Å². The van der Waals surface area contributed by atoms with Gasteiger partial charge in [0.1, 0.15) is 5.00 Å². The lowest BCUT2D eigenvalue weighted by atomic mass is 10.2. The van der Waals surface area contributed by atoms with Crippen molar-refractivity contribution in [2.24, 2.45) is 0 Å². The average Bonchev–Trinajstić information content (AvgIpc) is 2.95. The van der Waals surface area contributed by atoms with Crippen molar-refractivity contribution in [3.63, 3.8) is 0 Å². The number of carbonyl (C=O) groups excluding carboxylic acids is 3. The van der Waals surface area contributed by atoms with Crippen LogP contribution in [0.1, 0.15) is 20.7 Å². The summed E-state index contributed by atoms with van der Waals surface area (Å²) in [6.45, 7) is 0. The normalized spacial score (nSPS) is 9.91. The van der Waals surface area contributed by atoms with Gasteiger partial charge in [0.05, 0.1) is 12.7 Å². The molecule has 1 heterocycles. The second kappa shape index (κ2) is 7.19. The van der Waals surface area contributed by atoms with Gasteiger partial charge >= 0.3 is 6.09 Å². The number of imide groups is 1. The minimum absolute atomic E-state index is 0.195. The molecule has 6 nitrogen and oxygen atoms in total. The molecule has 0 spiro atoms. The summed E-state index contributed by atoms with van der Waals surface area (Å²) in [5.41, 5.74) is 0.650. The first kappa shape index (κ1) is 16.2. The molecular weight excluding hydrogens is 372 g/mol. The number of nitrogens with one attached hydrogen (secondary N) is 2. The molecule has 0 aliphatic carbocycles. The largest absolute Gasteiger partial charge is 0.453 e. The molecule has 0 aliphatic heterocycles. The SMILES string of the molecule is COC(=O)NC(=O)c1ccsc1NC(=O)c1ccc(Br)cc1. The number of anilines is 1. The molecule has 2 rings (SSSR count). The zero-order valence-electron chi connectivity index (χ0n) is 11.4. The van der Waals surface area contributed by atoms with Crippen LogP contribution in [0.5, 0.6) is 0 Å². The molecule has 0 bridgehead atoms. The summed E-state index contributed by atoms with van der Waals surface area (Å²) < 4.78 is 5.22. The molecule has 1 aromatic heterocycles. The smallest absolute Gasteiger partial charge is 0.413 e. The predicted octanol–water partition coefficient (Wildman–Crippen LogP) is 3.26. The molecule has 8 heteroatoms. The van der Waals surface area contributed by atoms with Crippen LogP contribution in [0, 0.1) is 0 Å². The first-order valence-electron chi connectivity index (χ1n) is 6.05. The summed E-state index contributed by atoms with van der Waals surface area (Å²) >= 11 is 4.47. The fraction of sp³-hybridized carbons (Fsp3) is 0.0714. The molecule has 0 radical (unpaired) electrons. The second-order valence-electron chi connectivity index (χ2n) is 4.07. The van der Waals surface area contributed by atoms with Gasteiger partial charge in [0.15, 0.2) is 0 Å². The number of benzene rings is 1. The van der Waals surface area contributed by atoms with Crippen molar-refractivity contribution < 1.29 is 19.1 Å². The van der Waals surface area contributed by atoms with Gasteiger partial charge in [-0.05, 0) is 35.7 Å². The number of alkyl carbamates (subject to hydrolysis) is 1. The van der Waals surface area contributed by atoms with E-state index in [1.165, 1.54) is 17.4 Å². The molecule has 0 aliphatic rings. The van der Waals surface area contributed by atoms with E-state index in [1.807, 2.05) is 5.32 Å². The molecule has 114 valence electrons. The molecular formula is C14H11BrN2O4S. The maximum absolute atomic E-state index is 12.1. The molecule has 3 amide bonds. The molecule has 0 saturated carbocycles. The van der Waals surface area contributed by atoms with Gasteiger partial charge in [-0.15, -0.1) is 11.3 Å². The Hall–Kier alpha value is -2.19. The Kier molecular flexibility index (Phi) is 5.29. The molecule has 0 atom stereocenters. The first-order chi connectivity index (χ1) is 10.5. The van der Waals surface area contributed by atoms with Crippen LogP contribution in [-0.4, -0.2) is 25.0 Å². The zero-order chi connectivity index (χ0) is 16.1. The predicted molar refractivity (Wildman–Crippen MR) is 86.3 cm³/mol. The number of ether oxygens (including phenoxy) is 1. The molecule has 0 unspecified atom stereocenters. The summed E-state index contributed by atoms with van der Waals surface area (Å²) in [5, 5.41) is 6.69. The number of amides is 3. The van der Waals surface area contributed by atoms with Crippen molar-refractivity contribution in [3.05, 3.63) is 51.3 Å². The number of rotatable bonds is 3. The van der Waals surface area contributed by atoms with Crippen molar-refractivity contribution >= 4 is 50.2 Å². The third-order valence-corrected chi connectivity index (χ3v) is 4.00. The van der Waals surface area contributed by atoms with E-state index in [1.54, 1.807) is 29.6 Å². The minimum Gasteiger partial charge on any atom is -0.453 e.